The van der Waals surface area contributed by atoms with Crippen molar-refractivity contribution >= 4 is 12.1 Å². The Labute approximate surface area is 198 Å². The number of carbonyl (C=O) groups is 2. The number of carboxylic acid groups (broad SMARTS) is 1. The first-order valence-electron chi connectivity index (χ1n) is 11.5. The van der Waals surface area contributed by atoms with Crippen LogP contribution in [0.2, 0.25) is 0 Å². The van der Waals surface area contributed by atoms with Gasteiger partial charge < -0.3 is 14.9 Å². The van der Waals surface area contributed by atoms with Crippen LogP contribution in [-0.4, -0.2) is 45.4 Å². The Bertz CT molecular complexity index is 1220. The maximum Gasteiger partial charge on any atom is 0.410 e. The van der Waals surface area contributed by atoms with Crippen molar-refractivity contribution in [3.8, 4) is 11.1 Å². The lowest BCUT2D eigenvalue weighted by molar-refractivity contribution is -0.145. The minimum atomic E-state index is -1.18. The van der Waals surface area contributed by atoms with Crippen molar-refractivity contribution < 1.29 is 24.5 Å². The predicted molar refractivity (Wildman–Crippen MR) is 127 cm³/mol. The number of carboxylic acids is 1. The number of hydrogen-bond donors (Lipinski definition) is 2. The first-order chi connectivity index (χ1) is 16.5. The van der Waals surface area contributed by atoms with E-state index in [1.165, 1.54) is 16.0 Å². The fourth-order valence-electron chi connectivity index (χ4n) is 5.47. The van der Waals surface area contributed by atoms with Gasteiger partial charge in [-0.3, -0.25) is 9.69 Å². The summed E-state index contributed by atoms with van der Waals surface area (Å²) in [5.74, 6) is -2.19. The number of carbonyl (C=O) groups excluding carboxylic acids is 1. The fraction of sp³-hybridized carbons (Fsp3) is 0.286. The molecule has 6 heteroatoms. The molecule has 4 unspecified atom stereocenters. The standard InChI is InChI=1S/C28H27NO5/c1-17-25(27(31)32)26(30)24(14-18-8-3-2-4-9-18)29(17)28(33)34-16-20-11-7-13-22-21-12-6-5-10-19(21)15-23(20)22/h2-13,17,24-26,30H,14-16H2,1H3,(H,31,32). The Morgan fingerprint density at radius 3 is 2.44 bits per heavy atom. The van der Waals surface area contributed by atoms with Crippen LogP contribution in [0.5, 0.6) is 0 Å². The van der Waals surface area contributed by atoms with Gasteiger partial charge in [-0.2, -0.15) is 0 Å². The Kier molecular flexibility index (Phi) is 5.84. The smallest absolute Gasteiger partial charge is 0.410 e. The second-order valence-corrected chi connectivity index (χ2v) is 9.09. The zero-order valence-corrected chi connectivity index (χ0v) is 18.9. The average Bonchev–Trinajstić information content (AvgIpc) is 3.33. The van der Waals surface area contributed by atoms with Crippen LogP contribution >= 0.6 is 0 Å². The first-order valence-corrected chi connectivity index (χ1v) is 11.5. The van der Waals surface area contributed by atoms with Gasteiger partial charge >= 0.3 is 12.1 Å². The normalized spacial score (nSPS) is 22.8. The van der Waals surface area contributed by atoms with Crippen LogP contribution in [0, 0.1) is 5.92 Å². The molecule has 0 aromatic heterocycles. The van der Waals surface area contributed by atoms with Gasteiger partial charge in [-0.25, -0.2) is 4.79 Å². The molecule has 1 aliphatic carbocycles. The van der Waals surface area contributed by atoms with Gasteiger partial charge in [-0.15, -0.1) is 0 Å². The topological polar surface area (TPSA) is 87.1 Å². The van der Waals surface area contributed by atoms with Crippen molar-refractivity contribution in [2.45, 2.75) is 44.6 Å². The quantitative estimate of drug-likeness (QED) is 0.467. The Balaban J connectivity index is 1.36. The van der Waals surface area contributed by atoms with Crippen LogP contribution in [0.25, 0.3) is 11.1 Å². The Hall–Kier alpha value is -3.64. The summed E-state index contributed by atoms with van der Waals surface area (Å²) in [5.41, 5.74) is 6.61. The molecule has 1 fully saturated rings. The van der Waals surface area contributed by atoms with Crippen LogP contribution in [0.1, 0.15) is 29.2 Å². The van der Waals surface area contributed by atoms with Crippen LogP contribution in [0.15, 0.2) is 72.8 Å². The van der Waals surface area contributed by atoms with E-state index in [1.54, 1.807) is 6.92 Å². The maximum atomic E-state index is 13.3. The highest BCUT2D eigenvalue weighted by molar-refractivity contribution is 5.78. The van der Waals surface area contributed by atoms with Crippen molar-refractivity contribution in [3.05, 3.63) is 95.1 Å². The van der Waals surface area contributed by atoms with E-state index in [-0.39, 0.29) is 6.61 Å². The number of benzene rings is 3. The third-order valence-electron chi connectivity index (χ3n) is 7.16. The number of amides is 1. The van der Waals surface area contributed by atoms with Gasteiger partial charge in [-0.1, -0.05) is 72.8 Å². The van der Waals surface area contributed by atoms with E-state index in [1.807, 2.05) is 54.6 Å². The lowest BCUT2D eigenvalue weighted by atomic mass is 9.94. The lowest BCUT2D eigenvalue weighted by Gasteiger charge is -2.28. The number of likely N-dealkylation sites (tertiary alicyclic amines) is 1. The zero-order chi connectivity index (χ0) is 23.8. The molecule has 34 heavy (non-hydrogen) atoms. The summed E-state index contributed by atoms with van der Waals surface area (Å²) in [6.45, 7) is 1.75. The van der Waals surface area contributed by atoms with Gasteiger partial charge in [0.1, 0.15) is 12.5 Å². The molecule has 5 rings (SSSR count). The summed E-state index contributed by atoms with van der Waals surface area (Å²) in [5, 5.41) is 20.6. The van der Waals surface area contributed by atoms with Gasteiger partial charge in [0, 0.05) is 6.04 Å². The number of aliphatic hydroxyl groups excluding tert-OH is 1. The number of aliphatic hydroxyl groups is 1. The van der Waals surface area contributed by atoms with E-state index in [2.05, 4.69) is 18.2 Å². The summed E-state index contributed by atoms with van der Waals surface area (Å²) in [6, 6.07) is 22.3. The molecule has 2 N–H and O–H groups in total. The molecular formula is C28H27NO5. The number of fused-ring (bicyclic) bond motifs is 3. The van der Waals surface area contributed by atoms with E-state index >= 15 is 0 Å². The molecule has 3 aromatic rings. The van der Waals surface area contributed by atoms with Crippen molar-refractivity contribution in [1.82, 2.24) is 4.90 Å². The molecule has 0 spiro atoms. The fourth-order valence-corrected chi connectivity index (χ4v) is 5.47. The van der Waals surface area contributed by atoms with Crippen LogP contribution < -0.4 is 0 Å². The van der Waals surface area contributed by atoms with Gasteiger partial charge in [0.2, 0.25) is 0 Å². The highest BCUT2D eigenvalue weighted by atomic mass is 16.6. The molecule has 4 atom stereocenters. The molecule has 1 aliphatic heterocycles. The number of hydrogen-bond acceptors (Lipinski definition) is 4. The average molecular weight is 458 g/mol. The Morgan fingerprint density at radius 1 is 0.971 bits per heavy atom. The number of rotatable bonds is 5. The van der Waals surface area contributed by atoms with Crippen molar-refractivity contribution in [2.75, 3.05) is 0 Å². The molecule has 3 aromatic carbocycles. The third kappa shape index (κ3) is 3.84. The molecule has 174 valence electrons. The minimum absolute atomic E-state index is 0.0884. The molecule has 1 amide bonds. The number of aliphatic carboxylic acids is 1. The largest absolute Gasteiger partial charge is 0.481 e. The summed E-state index contributed by atoms with van der Waals surface area (Å²) in [7, 11) is 0. The summed E-state index contributed by atoms with van der Waals surface area (Å²) < 4.78 is 5.73. The van der Waals surface area contributed by atoms with Crippen LogP contribution in [0.3, 0.4) is 0 Å². The van der Waals surface area contributed by atoms with Gasteiger partial charge in [-0.05, 0) is 53.1 Å². The van der Waals surface area contributed by atoms with E-state index in [9.17, 15) is 19.8 Å². The van der Waals surface area contributed by atoms with Gasteiger partial charge in [0.05, 0.1) is 12.1 Å². The molecule has 0 saturated carbocycles. The van der Waals surface area contributed by atoms with E-state index in [4.69, 9.17) is 4.74 Å². The van der Waals surface area contributed by atoms with E-state index in [0.29, 0.717) is 6.42 Å². The molecular weight excluding hydrogens is 430 g/mol. The molecule has 0 radical (unpaired) electrons. The molecule has 2 aliphatic rings. The Morgan fingerprint density at radius 2 is 1.68 bits per heavy atom. The highest BCUT2D eigenvalue weighted by Crippen LogP contribution is 2.38. The van der Waals surface area contributed by atoms with E-state index < -0.39 is 36.2 Å². The van der Waals surface area contributed by atoms with E-state index in [0.717, 1.165) is 28.7 Å². The number of nitrogens with zero attached hydrogens (tertiary/aromatic N) is 1. The minimum Gasteiger partial charge on any atom is -0.481 e. The number of ether oxygens (including phenoxy) is 1. The second kappa shape index (κ2) is 8.95. The van der Waals surface area contributed by atoms with Crippen molar-refractivity contribution in [1.29, 1.82) is 0 Å². The van der Waals surface area contributed by atoms with Crippen LogP contribution in [-0.2, 0) is 29.0 Å². The third-order valence-corrected chi connectivity index (χ3v) is 7.16. The monoisotopic (exact) mass is 457 g/mol. The van der Waals surface area contributed by atoms with Gasteiger partial charge in [0.25, 0.3) is 0 Å². The second-order valence-electron chi connectivity index (χ2n) is 9.09. The molecule has 1 heterocycles. The van der Waals surface area contributed by atoms with Crippen molar-refractivity contribution in [3.63, 3.8) is 0 Å². The maximum absolute atomic E-state index is 13.3. The lowest BCUT2D eigenvalue weighted by Crippen LogP contribution is -2.44. The summed E-state index contributed by atoms with van der Waals surface area (Å²) in [6.07, 6.45) is -0.656. The zero-order valence-electron chi connectivity index (χ0n) is 18.9. The van der Waals surface area contributed by atoms with Crippen molar-refractivity contribution in [2.24, 2.45) is 5.92 Å². The molecule has 1 saturated heterocycles. The first kappa shape index (κ1) is 22.2. The highest BCUT2D eigenvalue weighted by Gasteiger charge is 2.52. The molecule has 6 nitrogen and oxygen atoms in total. The van der Waals surface area contributed by atoms with Gasteiger partial charge in [0.15, 0.2) is 0 Å². The predicted octanol–water partition coefficient (Wildman–Crippen LogP) is 4.27. The summed E-state index contributed by atoms with van der Waals surface area (Å²) in [4.78, 5) is 26.5. The molecule has 0 bridgehead atoms. The SMILES string of the molecule is CC1C(C(=O)O)C(O)C(Cc2ccccc2)N1C(=O)OCc1cccc2c1Cc1ccccc1-2. The van der Waals surface area contributed by atoms with Crippen LogP contribution in [0.4, 0.5) is 4.79 Å². The summed E-state index contributed by atoms with van der Waals surface area (Å²) >= 11 is 0.